The van der Waals surface area contributed by atoms with Crippen molar-refractivity contribution in [2.45, 2.75) is 19.0 Å². The number of carbonyl (C=O) groups excluding carboxylic acids is 1. The molecule has 29 heavy (non-hydrogen) atoms. The van der Waals surface area contributed by atoms with Crippen molar-refractivity contribution in [3.05, 3.63) is 71.3 Å². The molecule has 5 nitrogen and oxygen atoms in total. The number of halogens is 4. The van der Waals surface area contributed by atoms with Crippen molar-refractivity contribution in [2.24, 2.45) is 0 Å². The number of benzene rings is 1. The van der Waals surface area contributed by atoms with Crippen molar-refractivity contribution >= 4 is 16.8 Å². The first-order valence-electron chi connectivity index (χ1n) is 8.69. The number of alkyl halides is 3. The number of nitrogens with one attached hydrogen (secondary N) is 2. The number of aromatic amines is 2. The quantitative estimate of drug-likeness (QED) is 0.367. The minimum absolute atomic E-state index is 0.00288. The molecule has 0 spiro atoms. The van der Waals surface area contributed by atoms with Gasteiger partial charge in [0.25, 0.3) is 0 Å². The van der Waals surface area contributed by atoms with Crippen molar-refractivity contribution in [1.29, 1.82) is 0 Å². The Morgan fingerprint density at radius 1 is 1.14 bits per heavy atom. The van der Waals surface area contributed by atoms with Crippen LogP contribution in [0.25, 0.3) is 22.4 Å². The molecule has 9 heteroatoms. The van der Waals surface area contributed by atoms with E-state index in [0.717, 1.165) is 17.5 Å². The minimum atomic E-state index is -4.64. The lowest BCUT2D eigenvalue weighted by atomic mass is 10.0. The number of hydrogen-bond donors (Lipinski definition) is 2. The van der Waals surface area contributed by atoms with Crippen LogP contribution < -0.4 is 0 Å². The summed E-state index contributed by atoms with van der Waals surface area (Å²) in [4.78, 5) is 19.6. The summed E-state index contributed by atoms with van der Waals surface area (Å²) < 4.78 is 51.9. The van der Waals surface area contributed by atoms with Gasteiger partial charge in [0.05, 0.1) is 17.0 Å². The van der Waals surface area contributed by atoms with E-state index < -0.39 is 17.6 Å². The lowest BCUT2D eigenvalue weighted by molar-refractivity contribution is -0.137. The molecule has 0 aliphatic carbocycles. The fourth-order valence-corrected chi connectivity index (χ4v) is 3.12. The number of aryl methyl sites for hydroxylation is 1. The van der Waals surface area contributed by atoms with Gasteiger partial charge in [-0.25, -0.2) is 9.37 Å². The molecule has 0 unspecified atom stereocenters. The molecule has 0 fully saturated rings. The number of rotatable bonds is 5. The highest BCUT2D eigenvalue weighted by molar-refractivity contribution is 5.98. The molecule has 0 atom stereocenters. The van der Waals surface area contributed by atoms with Crippen LogP contribution in [-0.4, -0.2) is 25.9 Å². The van der Waals surface area contributed by atoms with Crippen molar-refractivity contribution in [2.75, 3.05) is 0 Å². The summed E-state index contributed by atoms with van der Waals surface area (Å²) in [6, 6.07) is 7.55. The number of H-pyrrole nitrogens is 2. The smallest absolute Gasteiger partial charge is 0.359 e. The zero-order valence-electron chi connectivity index (χ0n) is 14.8. The molecular formula is C20H14F4N4O. The topological polar surface area (TPSA) is 74.4 Å². The molecule has 1 aromatic carbocycles. The van der Waals surface area contributed by atoms with Crippen LogP contribution >= 0.6 is 0 Å². The van der Waals surface area contributed by atoms with Crippen LogP contribution in [0.3, 0.4) is 0 Å². The Balaban J connectivity index is 1.50. The van der Waals surface area contributed by atoms with E-state index in [1.165, 1.54) is 6.20 Å². The van der Waals surface area contributed by atoms with E-state index in [1.54, 1.807) is 18.3 Å². The molecule has 0 saturated heterocycles. The lowest BCUT2D eigenvalue weighted by Crippen LogP contribution is -2.07. The molecule has 0 amide bonds. The van der Waals surface area contributed by atoms with Gasteiger partial charge in [0.1, 0.15) is 5.82 Å². The number of ketones is 1. The highest BCUT2D eigenvalue weighted by Gasteiger charge is 2.31. The van der Waals surface area contributed by atoms with E-state index in [-0.39, 0.29) is 24.2 Å². The van der Waals surface area contributed by atoms with Crippen LogP contribution in [0.15, 0.2) is 48.8 Å². The largest absolute Gasteiger partial charge is 0.416 e. The summed E-state index contributed by atoms with van der Waals surface area (Å²) in [6.45, 7) is 0. The van der Waals surface area contributed by atoms with Crippen LogP contribution in [0.4, 0.5) is 17.6 Å². The average Bonchev–Trinajstić information content (AvgIpc) is 3.32. The fourth-order valence-electron chi connectivity index (χ4n) is 3.12. The maximum atomic E-state index is 13.5. The summed E-state index contributed by atoms with van der Waals surface area (Å²) in [5.41, 5.74) is 1.27. The number of hydrogen-bond acceptors (Lipinski definition) is 3. The SMILES string of the molecule is O=C(CCc1cc(F)cc(C(F)(F)F)c1)c1c[nH]c(-c2[nH]nc3ncccc23)c1. The number of fused-ring (bicyclic) bond motifs is 1. The standard InChI is InChI=1S/C20H14F4N4O/c21-14-7-11(6-13(9-14)20(22,23)24)3-4-17(29)12-8-16(26-10-12)18-15-2-1-5-25-19(15)28-27-18/h1-2,5-10,26H,3-4H2,(H,25,27,28). The van der Waals surface area contributed by atoms with Gasteiger partial charge in [-0.1, -0.05) is 0 Å². The third kappa shape index (κ3) is 3.89. The lowest BCUT2D eigenvalue weighted by Gasteiger charge is -2.09. The molecule has 3 heterocycles. The Kier molecular flexibility index (Phi) is 4.65. The van der Waals surface area contributed by atoms with E-state index in [0.29, 0.717) is 28.7 Å². The van der Waals surface area contributed by atoms with E-state index in [4.69, 9.17) is 0 Å². The molecular weight excluding hydrogens is 388 g/mol. The van der Waals surface area contributed by atoms with Crippen LogP contribution in [0.5, 0.6) is 0 Å². The maximum Gasteiger partial charge on any atom is 0.416 e. The minimum Gasteiger partial charge on any atom is -0.359 e. The van der Waals surface area contributed by atoms with Crippen LogP contribution in [-0.2, 0) is 12.6 Å². The molecule has 148 valence electrons. The number of Topliss-reactive ketones (excluding diaryl/α,β-unsaturated/α-hetero) is 1. The van der Waals surface area contributed by atoms with Gasteiger partial charge in [0.15, 0.2) is 11.4 Å². The van der Waals surface area contributed by atoms with Gasteiger partial charge in [0, 0.05) is 29.8 Å². The highest BCUT2D eigenvalue weighted by atomic mass is 19.4. The van der Waals surface area contributed by atoms with E-state index in [9.17, 15) is 22.4 Å². The maximum absolute atomic E-state index is 13.5. The Bertz CT molecular complexity index is 1190. The predicted molar refractivity (Wildman–Crippen MR) is 97.7 cm³/mol. The Labute approximate surface area is 161 Å². The van der Waals surface area contributed by atoms with Gasteiger partial charge in [0.2, 0.25) is 0 Å². The molecule has 2 N–H and O–H groups in total. The fraction of sp³-hybridized carbons (Fsp3) is 0.150. The third-order valence-electron chi connectivity index (χ3n) is 4.53. The summed E-state index contributed by atoms with van der Waals surface area (Å²) in [6.07, 6.45) is -1.56. The van der Waals surface area contributed by atoms with Gasteiger partial charge in [-0.05, 0) is 48.4 Å². The molecule has 0 radical (unpaired) electrons. The summed E-state index contributed by atoms with van der Waals surface area (Å²) in [5, 5.41) is 7.74. The molecule has 4 rings (SSSR count). The Hall–Kier alpha value is -3.49. The van der Waals surface area contributed by atoms with Gasteiger partial charge in [-0.3, -0.25) is 9.89 Å². The second kappa shape index (κ2) is 7.16. The van der Waals surface area contributed by atoms with Crippen LogP contribution in [0.1, 0.15) is 27.9 Å². The summed E-state index contributed by atoms with van der Waals surface area (Å²) in [7, 11) is 0. The second-order valence-electron chi connectivity index (χ2n) is 6.54. The van der Waals surface area contributed by atoms with Crippen molar-refractivity contribution < 1.29 is 22.4 Å². The Morgan fingerprint density at radius 3 is 2.76 bits per heavy atom. The molecule has 0 aliphatic rings. The molecule has 0 aliphatic heterocycles. The first-order chi connectivity index (χ1) is 13.8. The first kappa shape index (κ1) is 18.9. The zero-order valence-corrected chi connectivity index (χ0v) is 14.8. The van der Waals surface area contributed by atoms with E-state index in [2.05, 4.69) is 20.2 Å². The zero-order chi connectivity index (χ0) is 20.6. The average molecular weight is 402 g/mol. The number of nitrogens with zero attached hydrogens (tertiary/aromatic N) is 2. The predicted octanol–water partition coefficient (Wildman–Crippen LogP) is 4.93. The number of aromatic nitrogens is 4. The monoisotopic (exact) mass is 402 g/mol. The van der Waals surface area contributed by atoms with Gasteiger partial charge in [-0.15, -0.1) is 0 Å². The van der Waals surface area contributed by atoms with Gasteiger partial charge >= 0.3 is 6.18 Å². The van der Waals surface area contributed by atoms with E-state index in [1.807, 2.05) is 6.07 Å². The second-order valence-corrected chi connectivity index (χ2v) is 6.54. The third-order valence-corrected chi connectivity index (χ3v) is 4.53. The van der Waals surface area contributed by atoms with Crippen molar-refractivity contribution in [3.63, 3.8) is 0 Å². The number of carbonyl (C=O) groups is 1. The normalized spacial score (nSPS) is 11.9. The molecule has 0 saturated carbocycles. The van der Waals surface area contributed by atoms with Crippen molar-refractivity contribution in [1.82, 2.24) is 20.2 Å². The van der Waals surface area contributed by atoms with Gasteiger partial charge in [-0.2, -0.15) is 18.3 Å². The summed E-state index contributed by atoms with van der Waals surface area (Å²) in [5.74, 6) is -1.25. The molecule has 4 aromatic rings. The molecule has 0 bridgehead atoms. The van der Waals surface area contributed by atoms with E-state index >= 15 is 0 Å². The van der Waals surface area contributed by atoms with Gasteiger partial charge < -0.3 is 4.98 Å². The van der Waals surface area contributed by atoms with Crippen LogP contribution in [0.2, 0.25) is 0 Å². The summed E-state index contributed by atoms with van der Waals surface area (Å²) >= 11 is 0. The molecule has 3 aromatic heterocycles. The highest BCUT2D eigenvalue weighted by Crippen LogP contribution is 2.31. The first-order valence-corrected chi connectivity index (χ1v) is 8.69. The van der Waals surface area contributed by atoms with Crippen molar-refractivity contribution in [3.8, 4) is 11.4 Å². The van der Waals surface area contributed by atoms with Crippen LogP contribution in [0, 0.1) is 5.82 Å². The Morgan fingerprint density at radius 2 is 1.97 bits per heavy atom. The number of pyridine rings is 1.